The summed E-state index contributed by atoms with van der Waals surface area (Å²) in [5.74, 6) is -0.220. The van der Waals surface area contributed by atoms with E-state index in [0.29, 0.717) is 5.76 Å². The summed E-state index contributed by atoms with van der Waals surface area (Å²) >= 11 is 11.2. The number of hydrogen-bond donors (Lipinski definition) is 2. The number of esters is 1. The third kappa shape index (κ3) is 6.24. The average Bonchev–Trinajstić information content (AvgIpc) is 3.08. The SMILES string of the molecule is NS(=O)(=O)c1cc(C(=O)OCCCC(=O)Cl)c(NCc2ccco2)cc1Cl. The van der Waals surface area contributed by atoms with Gasteiger partial charge in [-0.1, -0.05) is 11.6 Å². The molecule has 0 saturated heterocycles. The molecule has 0 aliphatic rings. The van der Waals surface area contributed by atoms with Gasteiger partial charge in [0.1, 0.15) is 10.7 Å². The van der Waals surface area contributed by atoms with Crippen molar-refractivity contribution in [1.29, 1.82) is 0 Å². The van der Waals surface area contributed by atoms with Crippen molar-refractivity contribution in [3.05, 3.63) is 46.9 Å². The van der Waals surface area contributed by atoms with E-state index in [0.717, 1.165) is 6.07 Å². The van der Waals surface area contributed by atoms with Gasteiger partial charge < -0.3 is 14.5 Å². The van der Waals surface area contributed by atoms with Crippen LogP contribution < -0.4 is 10.5 Å². The Labute approximate surface area is 165 Å². The van der Waals surface area contributed by atoms with Gasteiger partial charge in [0.05, 0.1) is 35.7 Å². The van der Waals surface area contributed by atoms with Gasteiger partial charge in [-0.3, -0.25) is 4.79 Å². The minimum atomic E-state index is -4.15. The number of nitrogens with one attached hydrogen (secondary N) is 1. The topological polar surface area (TPSA) is 129 Å². The van der Waals surface area contributed by atoms with Gasteiger partial charge in [0.2, 0.25) is 15.3 Å². The van der Waals surface area contributed by atoms with Gasteiger partial charge in [0.15, 0.2) is 0 Å². The van der Waals surface area contributed by atoms with E-state index in [2.05, 4.69) is 5.32 Å². The van der Waals surface area contributed by atoms with Crippen molar-refractivity contribution >= 4 is 50.1 Å². The fraction of sp³-hybridized carbons (Fsp3) is 0.250. The van der Waals surface area contributed by atoms with Crippen LogP contribution in [0, 0.1) is 0 Å². The predicted octanol–water partition coefficient (Wildman–Crippen LogP) is 2.89. The first-order valence-electron chi connectivity index (χ1n) is 7.66. The molecule has 27 heavy (non-hydrogen) atoms. The maximum absolute atomic E-state index is 12.4. The van der Waals surface area contributed by atoms with Gasteiger partial charge in [-0.15, -0.1) is 0 Å². The lowest BCUT2D eigenvalue weighted by atomic mass is 10.1. The molecule has 0 fully saturated rings. The van der Waals surface area contributed by atoms with Crippen molar-refractivity contribution in [3.8, 4) is 0 Å². The standard InChI is InChI=1S/C16H16Cl2N2O6S/c17-12-8-13(20-9-10-3-1-5-25-10)11(7-14(12)27(19,23)24)16(22)26-6-2-4-15(18)21/h1,3,5,7-8,20H,2,4,6,9H2,(H2,19,23,24). The number of nitrogens with two attached hydrogens (primary N) is 1. The van der Waals surface area contributed by atoms with Crippen molar-refractivity contribution in [3.63, 3.8) is 0 Å². The smallest absolute Gasteiger partial charge is 0.340 e. The molecule has 146 valence electrons. The Balaban J connectivity index is 2.26. The highest BCUT2D eigenvalue weighted by Crippen LogP contribution is 2.29. The first-order valence-corrected chi connectivity index (χ1v) is 9.96. The van der Waals surface area contributed by atoms with E-state index < -0.39 is 26.1 Å². The molecule has 0 unspecified atom stereocenters. The number of carbonyl (C=O) groups excluding carboxylic acids is 2. The number of ether oxygens (including phenoxy) is 1. The molecule has 0 atom stereocenters. The molecule has 0 bridgehead atoms. The molecule has 11 heteroatoms. The van der Waals surface area contributed by atoms with Gasteiger partial charge in [0, 0.05) is 6.42 Å². The highest BCUT2D eigenvalue weighted by molar-refractivity contribution is 7.89. The Kier molecular flexibility index (Phi) is 7.25. The molecule has 1 aromatic carbocycles. The lowest BCUT2D eigenvalue weighted by Gasteiger charge is -2.14. The van der Waals surface area contributed by atoms with Crippen molar-refractivity contribution in [1.82, 2.24) is 0 Å². The molecule has 2 rings (SSSR count). The average molecular weight is 435 g/mol. The second kappa shape index (κ2) is 9.23. The van der Waals surface area contributed by atoms with Crippen LogP contribution in [0.15, 0.2) is 39.8 Å². The summed E-state index contributed by atoms with van der Waals surface area (Å²) in [5, 5.41) is 7.37. The normalized spacial score (nSPS) is 11.2. The number of sulfonamides is 1. The number of rotatable bonds is 9. The van der Waals surface area contributed by atoms with Gasteiger partial charge in [-0.25, -0.2) is 18.4 Å². The number of halogens is 2. The van der Waals surface area contributed by atoms with Crippen LogP contribution in [-0.2, 0) is 26.1 Å². The van der Waals surface area contributed by atoms with Crippen molar-refractivity contribution in [2.24, 2.45) is 5.14 Å². The second-order valence-electron chi connectivity index (χ2n) is 5.40. The molecule has 2 aromatic rings. The van der Waals surface area contributed by atoms with Crippen LogP contribution in [-0.4, -0.2) is 26.2 Å². The number of primary sulfonamides is 1. The van der Waals surface area contributed by atoms with Gasteiger partial charge in [0.25, 0.3) is 0 Å². The molecule has 0 saturated carbocycles. The lowest BCUT2D eigenvalue weighted by molar-refractivity contribution is -0.111. The molecular formula is C16H16Cl2N2O6S. The van der Waals surface area contributed by atoms with E-state index in [1.54, 1.807) is 12.1 Å². The first-order chi connectivity index (χ1) is 12.7. The molecule has 1 aromatic heterocycles. The largest absolute Gasteiger partial charge is 0.467 e. The highest BCUT2D eigenvalue weighted by Gasteiger charge is 2.21. The van der Waals surface area contributed by atoms with E-state index in [-0.39, 0.29) is 42.3 Å². The minimum Gasteiger partial charge on any atom is -0.467 e. The summed E-state index contributed by atoms with van der Waals surface area (Å²) in [6, 6.07) is 5.72. The number of anilines is 1. The number of benzene rings is 1. The second-order valence-corrected chi connectivity index (χ2v) is 7.76. The monoisotopic (exact) mass is 434 g/mol. The third-order valence-electron chi connectivity index (χ3n) is 3.38. The Bertz CT molecular complexity index is 929. The molecule has 0 radical (unpaired) electrons. The van der Waals surface area contributed by atoms with Crippen LogP contribution in [0.3, 0.4) is 0 Å². The fourth-order valence-electron chi connectivity index (χ4n) is 2.14. The van der Waals surface area contributed by atoms with Crippen LogP contribution in [0.5, 0.6) is 0 Å². The Morgan fingerprint density at radius 2 is 2.04 bits per heavy atom. The maximum atomic E-state index is 12.4. The van der Waals surface area contributed by atoms with E-state index in [9.17, 15) is 18.0 Å². The zero-order chi connectivity index (χ0) is 20.0. The molecule has 1 heterocycles. The maximum Gasteiger partial charge on any atom is 0.340 e. The number of furan rings is 1. The summed E-state index contributed by atoms with van der Waals surface area (Å²) in [5.41, 5.74) is 0.161. The summed E-state index contributed by atoms with van der Waals surface area (Å²) in [6.07, 6.45) is 1.77. The minimum absolute atomic E-state index is 0.0431. The van der Waals surface area contributed by atoms with E-state index >= 15 is 0 Å². The Hall–Kier alpha value is -2.07. The molecule has 3 N–H and O–H groups in total. The Morgan fingerprint density at radius 1 is 1.30 bits per heavy atom. The van der Waals surface area contributed by atoms with Crippen LogP contribution in [0.1, 0.15) is 29.0 Å². The molecule has 8 nitrogen and oxygen atoms in total. The van der Waals surface area contributed by atoms with Crippen molar-refractivity contribution < 1.29 is 27.2 Å². The summed E-state index contributed by atoms with van der Waals surface area (Å²) in [7, 11) is -4.15. The van der Waals surface area contributed by atoms with Crippen molar-refractivity contribution in [2.45, 2.75) is 24.3 Å². The van der Waals surface area contributed by atoms with E-state index in [1.165, 1.54) is 12.3 Å². The van der Waals surface area contributed by atoms with Gasteiger partial charge in [-0.2, -0.15) is 0 Å². The van der Waals surface area contributed by atoms with Gasteiger partial charge >= 0.3 is 5.97 Å². The summed E-state index contributed by atoms with van der Waals surface area (Å²) < 4.78 is 33.6. The first kappa shape index (κ1) is 21.2. The highest BCUT2D eigenvalue weighted by atomic mass is 35.5. The molecule has 0 aliphatic carbocycles. The fourth-order valence-corrected chi connectivity index (χ4v) is 3.37. The number of carbonyl (C=O) groups is 2. The van der Waals surface area contributed by atoms with Crippen LogP contribution >= 0.6 is 23.2 Å². The van der Waals surface area contributed by atoms with Crippen LogP contribution in [0.4, 0.5) is 5.69 Å². The zero-order valence-corrected chi connectivity index (χ0v) is 16.2. The Morgan fingerprint density at radius 3 is 2.63 bits per heavy atom. The van der Waals surface area contributed by atoms with E-state index in [4.69, 9.17) is 37.5 Å². The predicted molar refractivity (Wildman–Crippen MR) is 99.2 cm³/mol. The van der Waals surface area contributed by atoms with Crippen LogP contribution in [0.2, 0.25) is 5.02 Å². The molecule has 0 aliphatic heterocycles. The van der Waals surface area contributed by atoms with Crippen molar-refractivity contribution in [2.75, 3.05) is 11.9 Å². The lowest BCUT2D eigenvalue weighted by Crippen LogP contribution is -2.16. The summed E-state index contributed by atoms with van der Waals surface area (Å²) in [6.45, 7) is 0.154. The van der Waals surface area contributed by atoms with Crippen LogP contribution in [0.25, 0.3) is 0 Å². The molecular weight excluding hydrogens is 419 g/mol. The quantitative estimate of drug-likeness (QED) is 0.352. The van der Waals surface area contributed by atoms with Gasteiger partial charge in [-0.05, 0) is 42.3 Å². The zero-order valence-electron chi connectivity index (χ0n) is 13.9. The number of hydrogen-bond acceptors (Lipinski definition) is 7. The summed E-state index contributed by atoms with van der Waals surface area (Å²) in [4.78, 5) is 22.7. The van der Waals surface area contributed by atoms with E-state index in [1.807, 2.05) is 0 Å². The molecule has 0 amide bonds. The third-order valence-corrected chi connectivity index (χ3v) is 4.95. The molecule has 0 spiro atoms.